The van der Waals surface area contributed by atoms with Crippen molar-refractivity contribution in [1.29, 1.82) is 0 Å². The summed E-state index contributed by atoms with van der Waals surface area (Å²) < 4.78 is 5.38. The molecule has 27 heavy (non-hydrogen) atoms. The van der Waals surface area contributed by atoms with Crippen molar-refractivity contribution in [1.82, 2.24) is 15.2 Å². The lowest BCUT2D eigenvalue weighted by atomic mass is 10.1. The van der Waals surface area contributed by atoms with Crippen molar-refractivity contribution in [3.63, 3.8) is 0 Å². The fraction of sp³-hybridized carbons (Fsp3) is 0.444. The van der Waals surface area contributed by atoms with Crippen molar-refractivity contribution in [2.75, 3.05) is 32.8 Å². The van der Waals surface area contributed by atoms with E-state index in [1.54, 1.807) is 5.38 Å². The van der Waals surface area contributed by atoms with Gasteiger partial charge in [0.15, 0.2) is 0 Å². The van der Waals surface area contributed by atoms with Crippen LogP contribution in [0.5, 0.6) is 0 Å². The summed E-state index contributed by atoms with van der Waals surface area (Å²) in [6.07, 6.45) is 0.710. The first kappa shape index (κ1) is 23.8. The largest absolute Gasteiger partial charge is 0.379 e. The fourth-order valence-electron chi connectivity index (χ4n) is 2.78. The van der Waals surface area contributed by atoms with Gasteiger partial charge in [-0.15, -0.1) is 36.2 Å². The number of hydrogen-bond acceptors (Lipinski definition) is 6. The molecule has 9 heteroatoms. The Morgan fingerprint density at radius 1 is 1.26 bits per heavy atom. The first-order valence-electron chi connectivity index (χ1n) is 8.55. The standard InChI is InChI=1S/C18H24N4O2S.2ClH/c19-5-4-17-21-16(13-25-17)18(23)20-11-14-2-1-3-15(10-14)12-22-6-8-24-9-7-22;;/h1-3,10,13H,4-9,11-12,19H2,(H,20,23);2*1H. The summed E-state index contributed by atoms with van der Waals surface area (Å²) in [5.74, 6) is -0.141. The van der Waals surface area contributed by atoms with Gasteiger partial charge in [-0.1, -0.05) is 24.3 Å². The van der Waals surface area contributed by atoms with Crippen LogP contribution in [0, 0.1) is 0 Å². The van der Waals surface area contributed by atoms with Gasteiger partial charge < -0.3 is 15.8 Å². The van der Waals surface area contributed by atoms with Crippen LogP contribution in [0.25, 0.3) is 0 Å². The number of hydrogen-bond donors (Lipinski definition) is 2. The Labute approximate surface area is 176 Å². The van der Waals surface area contributed by atoms with Gasteiger partial charge in [-0.25, -0.2) is 4.98 Å². The number of nitrogens with zero attached hydrogens (tertiary/aromatic N) is 2. The summed E-state index contributed by atoms with van der Waals surface area (Å²) in [6.45, 7) is 5.50. The van der Waals surface area contributed by atoms with E-state index >= 15 is 0 Å². The van der Waals surface area contributed by atoms with Gasteiger partial charge in [-0.05, 0) is 17.7 Å². The number of nitrogens with one attached hydrogen (secondary N) is 1. The Morgan fingerprint density at radius 2 is 2.00 bits per heavy atom. The predicted octanol–water partition coefficient (Wildman–Crippen LogP) is 2.25. The molecule has 3 N–H and O–H groups in total. The van der Waals surface area contributed by atoms with Gasteiger partial charge in [0.2, 0.25) is 0 Å². The third-order valence-corrected chi connectivity index (χ3v) is 5.01. The van der Waals surface area contributed by atoms with Crippen LogP contribution < -0.4 is 11.1 Å². The molecule has 2 heterocycles. The Morgan fingerprint density at radius 3 is 2.74 bits per heavy atom. The van der Waals surface area contributed by atoms with Gasteiger partial charge in [0.25, 0.3) is 5.91 Å². The highest BCUT2D eigenvalue weighted by Crippen LogP contribution is 2.12. The van der Waals surface area contributed by atoms with E-state index in [1.165, 1.54) is 16.9 Å². The van der Waals surface area contributed by atoms with E-state index in [0.29, 0.717) is 25.2 Å². The number of morpholine rings is 1. The summed E-state index contributed by atoms with van der Waals surface area (Å²) in [5, 5.41) is 5.63. The lowest BCUT2D eigenvalue weighted by molar-refractivity contribution is 0.0342. The Hall–Kier alpha value is -1.22. The smallest absolute Gasteiger partial charge is 0.271 e. The van der Waals surface area contributed by atoms with E-state index in [-0.39, 0.29) is 30.7 Å². The minimum atomic E-state index is -0.141. The second-order valence-corrected chi connectivity index (χ2v) is 7.00. The first-order valence-corrected chi connectivity index (χ1v) is 9.43. The molecule has 1 aromatic heterocycles. The summed E-state index contributed by atoms with van der Waals surface area (Å²) in [5.41, 5.74) is 8.34. The van der Waals surface area contributed by atoms with Crippen LogP contribution in [0.1, 0.15) is 26.6 Å². The average Bonchev–Trinajstić information content (AvgIpc) is 3.10. The highest BCUT2D eigenvalue weighted by atomic mass is 35.5. The normalized spacial score (nSPS) is 14.1. The Kier molecular flexibility index (Phi) is 10.8. The Balaban J connectivity index is 0.00000182. The number of aromatic nitrogens is 1. The van der Waals surface area contributed by atoms with Crippen LogP contribution in [0.3, 0.4) is 0 Å². The maximum absolute atomic E-state index is 12.2. The van der Waals surface area contributed by atoms with E-state index in [2.05, 4.69) is 27.3 Å². The third kappa shape index (κ3) is 7.37. The monoisotopic (exact) mass is 432 g/mol. The number of nitrogens with two attached hydrogens (primary N) is 1. The van der Waals surface area contributed by atoms with Gasteiger partial charge in [0, 0.05) is 38.0 Å². The molecule has 1 amide bonds. The number of amides is 1. The Bertz CT molecular complexity index is 708. The lowest BCUT2D eigenvalue weighted by Gasteiger charge is -2.26. The van der Waals surface area contributed by atoms with Gasteiger partial charge in [-0.3, -0.25) is 9.69 Å². The number of rotatable bonds is 7. The third-order valence-electron chi connectivity index (χ3n) is 4.10. The lowest BCUT2D eigenvalue weighted by Crippen LogP contribution is -2.35. The average molecular weight is 433 g/mol. The molecule has 0 bridgehead atoms. The van der Waals surface area contributed by atoms with Crippen molar-refractivity contribution < 1.29 is 9.53 Å². The fourth-order valence-corrected chi connectivity index (χ4v) is 3.58. The van der Waals surface area contributed by atoms with Crippen molar-refractivity contribution in [3.8, 4) is 0 Å². The van der Waals surface area contributed by atoms with E-state index in [1.807, 2.05) is 12.1 Å². The molecule has 0 spiro atoms. The molecule has 0 unspecified atom stereocenters. The van der Waals surface area contributed by atoms with Crippen molar-refractivity contribution in [3.05, 3.63) is 51.5 Å². The van der Waals surface area contributed by atoms with Gasteiger partial charge in [0.1, 0.15) is 5.69 Å². The molecular formula is C18H26Cl2N4O2S. The maximum Gasteiger partial charge on any atom is 0.271 e. The van der Waals surface area contributed by atoms with E-state index in [4.69, 9.17) is 10.5 Å². The number of carbonyl (C=O) groups excluding carboxylic acids is 1. The highest BCUT2D eigenvalue weighted by Gasteiger charge is 2.12. The molecule has 1 saturated heterocycles. The summed E-state index contributed by atoms with van der Waals surface area (Å²) in [4.78, 5) is 18.9. The molecule has 1 aromatic carbocycles. The van der Waals surface area contributed by atoms with Crippen LogP contribution in [0.2, 0.25) is 0 Å². The number of benzene rings is 1. The minimum absolute atomic E-state index is 0. The van der Waals surface area contributed by atoms with E-state index in [9.17, 15) is 4.79 Å². The molecule has 0 saturated carbocycles. The van der Waals surface area contributed by atoms with Gasteiger partial charge in [0.05, 0.1) is 18.2 Å². The number of ether oxygens (including phenoxy) is 1. The molecule has 3 rings (SSSR count). The molecule has 0 radical (unpaired) electrons. The van der Waals surface area contributed by atoms with Crippen molar-refractivity contribution >= 4 is 42.1 Å². The maximum atomic E-state index is 12.2. The van der Waals surface area contributed by atoms with Crippen LogP contribution in [-0.4, -0.2) is 48.6 Å². The zero-order valence-electron chi connectivity index (χ0n) is 15.1. The molecule has 2 aromatic rings. The van der Waals surface area contributed by atoms with Crippen LogP contribution in [0.15, 0.2) is 29.6 Å². The topological polar surface area (TPSA) is 80.5 Å². The van der Waals surface area contributed by atoms with Crippen molar-refractivity contribution in [2.24, 2.45) is 5.73 Å². The number of thiazole rings is 1. The van der Waals surface area contributed by atoms with Gasteiger partial charge >= 0.3 is 0 Å². The minimum Gasteiger partial charge on any atom is -0.379 e. The summed E-state index contributed by atoms with van der Waals surface area (Å²) in [7, 11) is 0. The molecule has 1 fully saturated rings. The van der Waals surface area contributed by atoms with Crippen LogP contribution in [0.4, 0.5) is 0 Å². The predicted molar refractivity (Wildman–Crippen MR) is 113 cm³/mol. The highest BCUT2D eigenvalue weighted by molar-refractivity contribution is 7.09. The van der Waals surface area contributed by atoms with Crippen LogP contribution >= 0.6 is 36.2 Å². The summed E-state index contributed by atoms with van der Waals surface area (Å²) in [6, 6.07) is 8.35. The number of carbonyl (C=O) groups is 1. The number of halogens is 2. The zero-order valence-corrected chi connectivity index (χ0v) is 17.5. The SMILES string of the molecule is Cl.Cl.NCCc1nc(C(=O)NCc2cccc(CN3CCOCC3)c2)cs1. The van der Waals surface area contributed by atoms with E-state index < -0.39 is 0 Å². The quantitative estimate of drug-likeness (QED) is 0.700. The molecule has 0 atom stereocenters. The second-order valence-electron chi connectivity index (χ2n) is 6.06. The van der Waals surface area contributed by atoms with E-state index in [0.717, 1.165) is 43.4 Å². The molecular weight excluding hydrogens is 407 g/mol. The zero-order chi connectivity index (χ0) is 17.5. The molecule has 6 nitrogen and oxygen atoms in total. The second kappa shape index (κ2) is 12.3. The van der Waals surface area contributed by atoms with Gasteiger partial charge in [-0.2, -0.15) is 0 Å². The summed E-state index contributed by atoms with van der Waals surface area (Å²) >= 11 is 1.48. The first-order chi connectivity index (χ1) is 12.2. The van der Waals surface area contributed by atoms with Crippen LogP contribution in [-0.2, 0) is 24.2 Å². The van der Waals surface area contributed by atoms with Crippen molar-refractivity contribution in [2.45, 2.75) is 19.5 Å². The molecule has 1 aliphatic rings. The molecule has 1 aliphatic heterocycles. The molecule has 0 aliphatic carbocycles. The molecule has 150 valence electrons.